The summed E-state index contributed by atoms with van der Waals surface area (Å²) < 4.78 is 0. The lowest BCUT2D eigenvalue weighted by Gasteiger charge is -2.50. The van der Waals surface area contributed by atoms with E-state index < -0.39 is 0 Å². The molecule has 0 N–H and O–H groups in total. The number of likely N-dealkylation sites (tertiary alicyclic amines) is 1. The topological polar surface area (TPSA) is 9.72 Å². The second-order valence-corrected chi connectivity index (χ2v) is 6.96. The van der Waals surface area contributed by atoms with Gasteiger partial charge in [0.2, 0.25) is 0 Å². The van der Waals surface area contributed by atoms with Gasteiger partial charge in [-0.05, 0) is 32.5 Å². The molecule has 0 amide bonds. The first-order valence-electron chi connectivity index (χ1n) is 8.39. The molecule has 2 bridgehead atoms. The number of piperidine rings is 1. The Labute approximate surface area is 129 Å². The third kappa shape index (κ3) is 3.85. The molecule has 21 heavy (non-hydrogen) atoms. The summed E-state index contributed by atoms with van der Waals surface area (Å²) in [6.45, 7) is 6.04. The van der Waals surface area contributed by atoms with Crippen molar-refractivity contribution in [2.45, 2.75) is 37.9 Å². The van der Waals surface area contributed by atoms with Gasteiger partial charge >= 0.3 is 0 Å². The van der Waals surface area contributed by atoms with Crippen molar-refractivity contribution in [1.82, 2.24) is 14.7 Å². The number of likely N-dealkylation sites (N-methyl/N-ethyl adjacent to an activating group) is 1. The monoisotopic (exact) mass is 287 g/mol. The molecule has 3 nitrogen and oxygen atoms in total. The van der Waals surface area contributed by atoms with Crippen LogP contribution >= 0.6 is 0 Å². The van der Waals surface area contributed by atoms with Gasteiger partial charge in [-0.25, -0.2) is 0 Å². The molecule has 3 heteroatoms. The Morgan fingerprint density at radius 3 is 2.33 bits per heavy atom. The highest BCUT2D eigenvalue weighted by atomic mass is 15.3. The maximum Gasteiger partial charge on any atom is 0.0235 e. The molecule has 3 rings (SSSR count). The summed E-state index contributed by atoms with van der Waals surface area (Å²) in [5.41, 5.74) is 1.46. The highest BCUT2D eigenvalue weighted by Gasteiger charge is 2.36. The van der Waals surface area contributed by atoms with E-state index in [2.05, 4.69) is 59.1 Å². The zero-order valence-corrected chi connectivity index (χ0v) is 13.5. The van der Waals surface area contributed by atoms with Crippen molar-refractivity contribution >= 4 is 0 Å². The fourth-order valence-corrected chi connectivity index (χ4v) is 3.93. The fourth-order valence-electron chi connectivity index (χ4n) is 3.93. The van der Waals surface area contributed by atoms with Crippen LogP contribution in [0.5, 0.6) is 0 Å². The van der Waals surface area contributed by atoms with Crippen LogP contribution in [0.25, 0.3) is 0 Å². The minimum Gasteiger partial charge on any atom is -0.308 e. The zero-order valence-electron chi connectivity index (χ0n) is 13.5. The first-order chi connectivity index (χ1) is 10.2. The normalized spacial score (nSPS) is 27.2. The van der Waals surface area contributed by atoms with E-state index in [1.54, 1.807) is 0 Å². The summed E-state index contributed by atoms with van der Waals surface area (Å²) >= 11 is 0. The standard InChI is InChI=1S/C18H29N3/c1-19(2)11-12-21-17-9-6-10-18(21)15-20(14-17)13-16-7-4-3-5-8-16/h3-5,7-8,17-18H,6,9-15H2,1-2H3. The van der Waals surface area contributed by atoms with Crippen molar-refractivity contribution in [3.8, 4) is 0 Å². The Hall–Kier alpha value is -0.900. The van der Waals surface area contributed by atoms with Crippen molar-refractivity contribution < 1.29 is 0 Å². The van der Waals surface area contributed by atoms with Crippen molar-refractivity contribution in [3.63, 3.8) is 0 Å². The van der Waals surface area contributed by atoms with Gasteiger partial charge in [0.15, 0.2) is 0 Å². The minimum atomic E-state index is 0.779. The summed E-state index contributed by atoms with van der Waals surface area (Å²) in [5.74, 6) is 0. The van der Waals surface area contributed by atoms with Crippen molar-refractivity contribution in [3.05, 3.63) is 35.9 Å². The predicted octanol–water partition coefficient (Wildman–Crippen LogP) is 2.29. The van der Waals surface area contributed by atoms with Gasteiger partial charge in [0.05, 0.1) is 0 Å². The number of hydrogen-bond donors (Lipinski definition) is 0. The highest BCUT2D eigenvalue weighted by Crippen LogP contribution is 2.29. The summed E-state index contributed by atoms with van der Waals surface area (Å²) in [4.78, 5) is 7.78. The third-order valence-corrected chi connectivity index (χ3v) is 5.01. The lowest BCUT2D eigenvalue weighted by molar-refractivity contribution is -0.0148. The molecule has 0 aromatic heterocycles. The van der Waals surface area contributed by atoms with Crippen LogP contribution in [-0.2, 0) is 6.54 Å². The third-order valence-electron chi connectivity index (χ3n) is 5.01. The first kappa shape index (κ1) is 15.0. The molecule has 0 spiro atoms. The lowest BCUT2D eigenvalue weighted by atomic mass is 9.91. The molecule has 1 aromatic rings. The fraction of sp³-hybridized carbons (Fsp3) is 0.667. The van der Waals surface area contributed by atoms with Crippen LogP contribution in [-0.4, -0.2) is 67.1 Å². The van der Waals surface area contributed by atoms with Gasteiger partial charge in [0, 0.05) is 44.8 Å². The second kappa shape index (κ2) is 6.91. The smallest absolute Gasteiger partial charge is 0.0235 e. The van der Waals surface area contributed by atoms with Gasteiger partial charge in [-0.15, -0.1) is 0 Å². The van der Waals surface area contributed by atoms with Gasteiger partial charge in [-0.2, -0.15) is 0 Å². The van der Waals surface area contributed by atoms with E-state index in [9.17, 15) is 0 Å². The van der Waals surface area contributed by atoms with Gasteiger partial charge in [-0.1, -0.05) is 36.8 Å². The molecule has 1 aromatic carbocycles. The number of rotatable bonds is 5. The zero-order chi connectivity index (χ0) is 14.7. The molecule has 2 unspecified atom stereocenters. The van der Waals surface area contributed by atoms with Crippen molar-refractivity contribution in [2.75, 3.05) is 40.3 Å². The molecule has 2 aliphatic rings. The number of benzene rings is 1. The van der Waals surface area contributed by atoms with Crippen LogP contribution in [0.2, 0.25) is 0 Å². The molecular formula is C18H29N3. The Kier molecular flexibility index (Phi) is 4.94. The number of piperazine rings is 1. The molecular weight excluding hydrogens is 258 g/mol. The van der Waals surface area contributed by atoms with E-state index in [1.807, 2.05) is 0 Å². The van der Waals surface area contributed by atoms with Crippen LogP contribution in [0, 0.1) is 0 Å². The van der Waals surface area contributed by atoms with Gasteiger partial charge in [0.1, 0.15) is 0 Å². The summed E-state index contributed by atoms with van der Waals surface area (Å²) in [6.07, 6.45) is 4.19. The maximum absolute atomic E-state index is 2.80. The van der Waals surface area contributed by atoms with E-state index in [4.69, 9.17) is 0 Å². The number of nitrogens with zero attached hydrogens (tertiary/aromatic N) is 3. The van der Waals surface area contributed by atoms with Crippen LogP contribution < -0.4 is 0 Å². The largest absolute Gasteiger partial charge is 0.308 e. The molecule has 2 heterocycles. The van der Waals surface area contributed by atoms with Gasteiger partial charge in [0.25, 0.3) is 0 Å². The maximum atomic E-state index is 2.80. The Morgan fingerprint density at radius 1 is 1.05 bits per heavy atom. The van der Waals surface area contributed by atoms with Crippen LogP contribution in [0.15, 0.2) is 30.3 Å². The number of fused-ring (bicyclic) bond motifs is 2. The molecule has 2 aliphatic heterocycles. The minimum absolute atomic E-state index is 0.779. The van der Waals surface area contributed by atoms with Gasteiger partial charge in [-0.3, -0.25) is 9.80 Å². The quantitative estimate of drug-likeness (QED) is 0.823. The molecule has 0 radical (unpaired) electrons. The molecule has 2 fully saturated rings. The van der Waals surface area contributed by atoms with E-state index in [0.29, 0.717) is 0 Å². The van der Waals surface area contributed by atoms with E-state index in [-0.39, 0.29) is 0 Å². The second-order valence-electron chi connectivity index (χ2n) is 6.96. The Balaban J connectivity index is 1.60. The van der Waals surface area contributed by atoms with E-state index in [1.165, 1.54) is 51.0 Å². The Bertz CT molecular complexity index is 417. The summed E-state index contributed by atoms with van der Waals surface area (Å²) in [5, 5.41) is 0. The van der Waals surface area contributed by atoms with Crippen molar-refractivity contribution in [1.29, 1.82) is 0 Å². The highest BCUT2D eigenvalue weighted by molar-refractivity contribution is 5.14. The molecule has 2 atom stereocenters. The van der Waals surface area contributed by atoms with Crippen LogP contribution in [0.1, 0.15) is 24.8 Å². The van der Waals surface area contributed by atoms with Gasteiger partial charge < -0.3 is 4.90 Å². The van der Waals surface area contributed by atoms with Crippen LogP contribution in [0.4, 0.5) is 0 Å². The molecule has 0 saturated carbocycles. The molecule has 2 saturated heterocycles. The predicted molar refractivity (Wildman–Crippen MR) is 88.4 cm³/mol. The number of hydrogen-bond acceptors (Lipinski definition) is 3. The molecule has 116 valence electrons. The SMILES string of the molecule is CN(C)CCN1C2CCCC1CN(Cc1ccccc1)C2. The van der Waals surface area contributed by atoms with Crippen molar-refractivity contribution in [2.24, 2.45) is 0 Å². The average Bonchev–Trinajstić information content (AvgIpc) is 2.46. The summed E-state index contributed by atoms with van der Waals surface area (Å²) in [7, 11) is 4.36. The summed E-state index contributed by atoms with van der Waals surface area (Å²) in [6, 6.07) is 12.5. The lowest BCUT2D eigenvalue weighted by Crippen LogP contribution is -2.61. The molecule has 0 aliphatic carbocycles. The van der Waals surface area contributed by atoms with E-state index >= 15 is 0 Å². The van der Waals surface area contributed by atoms with Crippen LogP contribution in [0.3, 0.4) is 0 Å². The van der Waals surface area contributed by atoms with E-state index in [0.717, 1.165) is 18.6 Å². The first-order valence-corrected chi connectivity index (χ1v) is 8.39. The Morgan fingerprint density at radius 2 is 1.71 bits per heavy atom. The average molecular weight is 287 g/mol.